The molecule has 0 amide bonds. The van der Waals surface area contributed by atoms with E-state index in [0.717, 1.165) is 0 Å². The smallest absolute Gasteiger partial charge is 0.279 e. The number of nitrogens with one attached hydrogen (secondary N) is 1. The van der Waals surface area contributed by atoms with Crippen molar-refractivity contribution in [3.8, 4) is 0 Å². The highest BCUT2D eigenvalue weighted by atomic mass is 16.6. The van der Waals surface area contributed by atoms with Gasteiger partial charge in [0, 0.05) is 0 Å². The van der Waals surface area contributed by atoms with Gasteiger partial charge >= 0.3 is 0 Å². The zero-order valence-electron chi connectivity index (χ0n) is 12.2. The topological polar surface area (TPSA) is 151 Å². The molecule has 1 aliphatic rings. The number of hydrogen-bond acceptors (Lipinski definition) is 8. The van der Waals surface area contributed by atoms with Crippen molar-refractivity contribution in [2.75, 3.05) is 6.61 Å². The van der Waals surface area contributed by atoms with E-state index in [0.29, 0.717) is 0 Å². The van der Waals surface area contributed by atoms with E-state index in [1.165, 1.54) is 17.8 Å². The van der Waals surface area contributed by atoms with Gasteiger partial charge in [-0.15, -0.1) is 0 Å². The molecule has 1 fully saturated rings. The van der Waals surface area contributed by atoms with E-state index in [1.807, 2.05) is 0 Å². The molecule has 2 aromatic rings. The lowest BCUT2D eigenvalue weighted by atomic mass is 10.1. The Morgan fingerprint density at radius 1 is 1.43 bits per heavy atom. The molecule has 0 radical (unpaired) electrons. The molecule has 2 aromatic heterocycles. The molecule has 3 rings (SSSR count). The van der Waals surface area contributed by atoms with Crippen LogP contribution in [0.25, 0.3) is 11.2 Å². The predicted octanol–water partition coefficient (Wildman–Crippen LogP) is -2.14. The van der Waals surface area contributed by atoms with Crippen LogP contribution < -0.4 is 5.56 Å². The third kappa shape index (κ3) is 2.65. The molecule has 2 unspecified atom stereocenters. The van der Waals surface area contributed by atoms with Crippen molar-refractivity contribution < 1.29 is 24.9 Å². The van der Waals surface area contributed by atoms with E-state index in [1.54, 1.807) is 0 Å². The van der Waals surface area contributed by atoms with Crippen LogP contribution in [0.3, 0.4) is 0 Å². The molecule has 4 atom stereocenters. The Kier molecular flexibility index (Phi) is 3.98. The number of carbonyl (C=O) groups is 1. The first-order chi connectivity index (χ1) is 10.9. The second-order valence-electron chi connectivity index (χ2n) is 5.44. The number of aliphatic hydroxyl groups excluding tert-OH is 3. The number of hydrogen-bond donors (Lipinski definition) is 4. The van der Waals surface area contributed by atoms with E-state index in [4.69, 9.17) is 9.84 Å². The number of ketones is 1. The average Bonchev–Trinajstić information content (AvgIpc) is 3.01. The summed E-state index contributed by atoms with van der Waals surface area (Å²) in [5, 5.41) is 29.0. The number of ether oxygens (including phenoxy) is 1. The van der Waals surface area contributed by atoms with E-state index in [9.17, 15) is 19.8 Å². The Labute approximate surface area is 129 Å². The van der Waals surface area contributed by atoms with Gasteiger partial charge in [-0.3, -0.25) is 14.2 Å². The fourth-order valence-corrected chi connectivity index (χ4v) is 2.59. The third-order valence-corrected chi connectivity index (χ3v) is 3.69. The van der Waals surface area contributed by atoms with Crippen molar-refractivity contribution in [1.82, 2.24) is 19.5 Å². The van der Waals surface area contributed by atoms with Crippen LogP contribution in [0.2, 0.25) is 0 Å². The Balaban J connectivity index is 2.06. The minimum absolute atomic E-state index is 0.0232. The summed E-state index contributed by atoms with van der Waals surface area (Å²) in [6.45, 7) is 0.901. The van der Waals surface area contributed by atoms with Crippen LogP contribution in [0, 0.1) is 0 Å². The summed E-state index contributed by atoms with van der Waals surface area (Å²) >= 11 is 0. The molecular weight excluding hydrogens is 308 g/mol. The van der Waals surface area contributed by atoms with Crippen molar-refractivity contribution in [2.45, 2.75) is 37.9 Å². The normalized spacial score (nSPS) is 27.7. The number of aliphatic hydroxyl groups is 3. The fourth-order valence-electron chi connectivity index (χ4n) is 2.59. The quantitative estimate of drug-likeness (QED) is 0.497. The minimum Gasteiger partial charge on any atom is -0.394 e. The summed E-state index contributed by atoms with van der Waals surface area (Å²) in [5.74, 6) is -0.00465. The number of carbonyl (C=O) groups excluding carboxylic acids is 1. The third-order valence-electron chi connectivity index (χ3n) is 3.69. The van der Waals surface area contributed by atoms with Crippen molar-refractivity contribution in [3.63, 3.8) is 0 Å². The first-order valence-corrected chi connectivity index (χ1v) is 7.00. The van der Waals surface area contributed by atoms with Gasteiger partial charge < -0.3 is 25.0 Å². The highest BCUT2D eigenvalue weighted by Crippen LogP contribution is 2.30. The Hall–Kier alpha value is -2.14. The summed E-state index contributed by atoms with van der Waals surface area (Å²) in [5.41, 5.74) is -0.369. The number of fused-ring (bicyclic) bond motifs is 1. The van der Waals surface area contributed by atoms with Crippen LogP contribution in [-0.2, 0) is 16.0 Å². The molecule has 0 aromatic carbocycles. The number of aromatic amines is 1. The second kappa shape index (κ2) is 5.81. The predicted molar refractivity (Wildman–Crippen MR) is 75.5 cm³/mol. The van der Waals surface area contributed by atoms with Crippen molar-refractivity contribution in [3.05, 3.63) is 22.5 Å². The average molecular weight is 324 g/mol. The molecule has 0 aliphatic carbocycles. The van der Waals surface area contributed by atoms with Crippen molar-refractivity contribution in [2.24, 2.45) is 0 Å². The maximum absolute atomic E-state index is 12.0. The summed E-state index contributed by atoms with van der Waals surface area (Å²) in [6, 6.07) is 0. The zero-order chi connectivity index (χ0) is 16.7. The first kappa shape index (κ1) is 15.7. The fraction of sp³-hybridized carbons (Fsp3) is 0.538. The molecule has 23 heavy (non-hydrogen) atoms. The largest absolute Gasteiger partial charge is 0.394 e. The molecule has 4 N–H and O–H groups in total. The minimum atomic E-state index is -1.32. The molecule has 124 valence electrons. The summed E-state index contributed by atoms with van der Waals surface area (Å²) in [6.07, 6.45) is -3.39. The Morgan fingerprint density at radius 2 is 2.17 bits per heavy atom. The van der Waals surface area contributed by atoms with Gasteiger partial charge in [-0.25, -0.2) is 9.97 Å². The standard InChI is InChI=1S/C13H16N4O6/c1-5(19)2-7-15-11-8(12(22)16-7)14-4-17(11)13-10(21)9(20)6(3-18)23-13/h4,6,9-10,13,18,20-21H,2-3H2,1H3,(H,15,16,22)/t6-,9?,10?,13-/m1/s1. The lowest BCUT2D eigenvalue weighted by Crippen LogP contribution is -2.33. The van der Waals surface area contributed by atoms with Crippen molar-refractivity contribution >= 4 is 16.9 Å². The van der Waals surface area contributed by atoms with Crippen LogP contribution in [0.5, 0.6) is 0 Å². The lowest BCUT2D eigenvalue weighted by molar-refractivity contribution is -0.116. The van der Waals surface area contributed by atoms with E-state index >= 15 is 0 Å². The van der Waals surface area contributed by atoms with Crippen molar-refractivity contribution in [1.29, 1.82) is 0 Å². The maximum atomic E-state index is 12.0. The monoisotopic (exact) mass is 324 g/mol. The molecular formula is C13H16N4O6. The Bertz CT molecular complexity index is 799. The maximum Gasteiger partial charge on any atom is 0.279 e. The van der Waals surface area contributed by atoms with Gasteiger partial charge in [0.2, 0.25) is 0 Å². The number of H-pyrrole nitrogens is 1. The van der Waals surface area contributed by atoms with Gasteiger partial charge in [0.1, 0.15) is 29.9 Å². The van der Waals surface area contributed by atoms with Crippen LogP contribution in [0.4, 0.5) is 0 Å². The van der Waals surface area contributed by atoms with Crippen LogP contribution in [-0.4, -0.2) is 65.5 Å². The highest BCUT2D eigenvalue weighted by Gasteiger charge is 2.44. The number of Topliss-reactive ketones (excluding diaryl/α,β-unsaturated/α-hetero) is 1. The first-order valence-electron chi connectivity index (χ1n) is 7.00. The van der Waals surface area contributed by atoms with E-state index < -0.39 is 36.7 Å². The molecule has 0 bridgehead atoms. The second-order valence-corrected chi connectivity index (χ2v) is 5.44. The molecule has 1 aliphatic heterocycles. The van der Waals surface area contributed by atoms with Gasteiger partial charge in [0.05, 0.1) is 19.4 Å². The van der Waals surface area contributed by atoms with Crippen LogP contribution in [0.1, 0.15) is 19.0 Å². The lowest BCUT2D eigenvalue weighted by Gasteiger charge is -2.16. The van der Waals surface area contributed by atoms with Gasteiger partial charge in [-0.05, 0) is 6.92 Å². The molecule has 0 saturated carbocycles. The Morgan fingerprint density at radius 3 is 2.78 bits per heavy atom. The molecule has 0 spiro atoms. The number of aromatic nitrogens is 4. The number of rotatable bonds is 4. The highest BCUT2D eigenvalue weighted by molar-refractivity contribution is 5.78. The molecule has 10 nitrogen and oxygen atoms in total. The summed E-state index contributed by atoms with van der Waals surface area (Å²) < 4.78 is 6.71. The summed E-state index contributed by atoms with van der Waals surface area (Å²) in [7, 11) is 0. The molecule has 3 heterocycles. The van der Waals surface area contributed by atoms with Gasteiger partial charge in [-0.2, -0.15) is 0 Å². The SMILES string of the molecule is CC(=O)Cc1nc2c(ncn2[C@@H]2O[C@H](CO)C(O)C2O)c(=O)[nH]1. The molecule has 1 saturated heterocycles. The van der Waals surface area contributed by atoms with Gasteiger partial charge in [-0.1, -0.05) is 0 Å². The van der Waals surface area contributed by atoms with E-state index in [-0.39, 0.29) is 29.2 Å². The number of nitrogens with zero attached hydrogens (tertiary/aromatic N) is 3. The van der Waals surface area contributed by atoms with Crippen LogP contribution in [0.15, 0.2) is 11.1 Å². The summed E-state index contributed by atoms with van der Waals surface area (Å²) in [4.78, 5) is 33.8. The van der Waals surface area contributed by atoms with Gasteiger partial charge in [0.15, 0.2) is 17.4 Å². The number of imidazole rings is 1. The molecule has 10 heteroatoms. The van der Waals surface area contributed by atoms with Gasteiger partial charge in [0.25, 0.3) is 5.56 Å². The van der Waals surface area contributed by atoms with Crippen LogP contribution >= 0.6 is 0 Å². The van der Waals surface area contributed by atoms with E-state index in [2.05, 4.69) is 15.0 Å². The zero-order valence-corrected chi connectivity index (χ0v) is 12.2.